The summed E-state index contributed by atoms with van der Waals surface area (Å²) in [5.41, 5.74) is 10.3. The van der Waals surface area contributed by atoms with Gasteiger partial charge in [-0.05, 0) is 40.5 Å². The number of hydrogen-bond acceptors (Lipinski definition) is 3. The van der Waals surface area contributed by atoms with Crippen LogP contribution >= 0.6 is 11.6 Å². The van der Waals surface area contributed by atoms with E-state index in [1.54, 1.807) is 6.07 Å². The number of imide groups is 1. The maximum atomic E-state index is 13.7. The van der Waals surface area contributed by atoms with E-state index in [4.69, 9.17) is 17.3 Å². The van der Waals surface area contributed by atoms with Crippen LogP contribution in [0.2, 0.25) is 5.02 Å². The normalized spacial score (nSPS) is 25.3. The molecule has 3 amide bonds. The minimum Gasteiger partial charge on any atom is -0.366 e. The van der Waals surface area contributed by atoms with Crippen molar-refractivity contribution < 1.29 is 14.4 Å². The van der Waals surface area contributed by atoms with Gasteiger partial charge in [-0.2, -0.15) is 0 Å². The number of nitrogens with two attached hydrogens (primary N) is 1. The van der Waals surface area contributed by atoms with E-state index in [0.717, 1.165) is 22.3 Å². The number of anilines is 1. The van der Waals surface area contributed by atoms with Gasteiger partial charge in [0.05, 0.1) is 28.1 Å². The SMILES string of the molecule is NC(=O)c1cc(N2C(=O)[C@H]3C4c5ccccc5C(c5ccccc54)[C@@H]3C2=O)ccc1Cl. The molecular formula is C25H17ClN2O3. The molecule has 4 aliphatic rings. The number of amides is 3. The molecule has 1 heterocycles. The second kappa shape index (κ2) is 6.28. The molecule has 152 valence electrons. The van der Waals surface area contributed by atoms with Crippen molar-refractivity contribution in [3.8, 4) is 0 Å². The van der Waals surface area contributed by atoms with Gasteiger partial charge in [0.25, 0.3) is 0 Å². The van der Waals surface area contributed by atoms with Gasteiger partial charge in [-0.15, -0.1) is 0 Å². The van der Waals surface area contributed by atoms with Gasteiger partial charge in [0, 0.05) is 11.8 Å². The molecule has 7 rings (SSSR count). The summed E-state index contributed by atoms with van der Waals surface area (Å²) in [6.07, 6.45) is 0. The van der Waals surface area contributed by atoms with E-state index in [0.29, 0.717) is 5.69 Å². The smallest absolute Gasteiger partial charge is 0.250 e. The Morgan fingerprint density at radius 2 is 1.23 bits per heavy atom. The zero-order valence-electron chi connectivity index (χ0n) is 16.3. The largest absolute Gasteiger partial charge is 0.366 e. The predicted octanol–water partition coefficient (Wildman–Crippen LogP) is 3.84. The molecule has 3 aromatic carbocycles. The standard InChI is InChI=1S/C25H17ClN2O3/c26-18-10-9-12(11-17(18)23(27)29)28-24(30)21-19-13-5-1-2-6-14(13)20(22(21)25(28)31)16-8-4-3-7-15(16)19/h1-11,19-22H,(H2,27,29)/t19?,20?,21-,22-/m0/s1. The van der Waals surface area contributed by atoms with Crippen LogP contribution in [0.3, 0.4) is 0 Å². The van der Waals surface area contributed by atoms with Crippen LogP contribution in [0.15, 0.2) is 66.7 Å². The van der Waals surface area contributed by atoms with Crippen LogP contribution in [0, 0.1) is 11.8 Å². The quantitative estimate of drug-likeness (QED) is 0.630. The van der Waals surface area contributed by atoms with Crippen LogP contribution in [0.5, 0.6) is 0 Å². The third-order valence-electron chi connectivity index (χ3n) is 6.92. The average Bonchev–Trinajstić information content (AvgIpc) is 3.05. The third-order valence-corrected chi connectivity index (χ3v) is 7.25. The molecule has 0 saturated carbocycles. The van der Waals surface area contributed by atoms with E-state index in [1.165, 1.54) is 17.0 Å². The summed E-state index contributed by atoms with van der Waals surface area (Å²) in [7, 11) is 0. The number of primary amides is 1. The lowest BCUT2D eigenvalue weighted by Gasteiger charge is -2.45. The van der Waals surface area contributed by atoms with Gasteiger partial charge in [-0.1, -0.05) is 60.1 Å². The average molecular weight is 429 g/mol. The number of rotatable bonds is 2. The summed E-state index contributed by atoms with van der Waals surface area (Å²) in [6.45, 7) is 0. The summed E-state index contributed by atoms with van der Waals surface area (Å²) in [4.78, 5) is 40.3. The minimum absolute atomic E-state index is 0.0872. The lowest BCUT2D eigenvalue weighted by molar-refractivity contribution is -0.122. The second-order valence-electron chi connectivity index (χ2n) is 8.31. The van der Waals surface area contributed by atoms with Gasteiger partial charge < -0.3 is 5.73 Å². The van der Waals surface area contributed by atoms with Crippen molar-refractivity contribution in [1.29, 1.82) is 0 Å². The topological polar surface area (TPSA) is 80.5 Å². The fraction of sp³-hybridized carbons (Fsp3) is 0.160. The molecule has 0 unspecified atom stereocenters. The molecule has 1 aliphatic heterocycles. The molecular weight excluding hydrogens is 412 g/mol. The van der Waals surface area contributed by atoms with E-state index in [-0.39, 0.29) is 34.2 Å². The van der Waals surface area contributed by atoms with Crippen LogP contribution in [-0.2, 0) is 9.59 Å². The fourth-order valence-electron chi connectivity index (χ4n) is 5.77. The van der Waals surface area contributed by atoms with Crippen LogP contribution in [0.25, 0.3) is 0 Å². The summed E-state index contributed by atoms with van der Waals surface area (Å²) >= 11 is 6.08. The first kappa shape index (κ1) is 18.3. The first-order chi connectivity index (χ1) is 15.0. The van der Waals surface area contributed by atoms with Gasteiger partial charge in [-0.3, -0.25) is 14.4 Å². The lowest BCUT2D eigenvalue weighted by Crippen LogP contribution is -2.41. The second-order valence-corrected chi connectivity index (χ2v) is 8.71. The van der Waals surface area contributed by atoms with Crippen molar-refractivity contribution in [2.24, 2.45) is 17.6 Å². The Morgan fingerprint density at radius 1 is 0.774 bits per heavy atom. The fourth-order valence-corrected chi connectivity index (χ4v) is 5.98. The first-order valence-electron chi connectivity index (χ1n) is 10.1. The lowest BCUT2D eigenvalue weighted by atomic mass is 9.55. The molecule has 2 bridgehead atoms. The zero-order valence-corrected chi connectivity index (χ0v) is 17.0. The number of halogens is 1. The summed E-state index contributed by atoms with van der Waals surface area (Å²) < 4.78 is 0. The molecule has 6 heteroatoms. The maximum Gasteiger partial charge on any atom is 0.250 e. The van der Waals surface area contributed by atoms with Crippen molar-refractivity contribution in [2.75, 3.05) is 4.90 Å². The molecule has 1 fully saturated rings. The van der Waals surface area contributed by atoms with Crippen molar-refractivity contribution in [3.05, 3.63) is 99.6 Å². The molecule has 3 aliphatic carbocycles. The third kappa shape index (κ3) is 2.29. The number of nitrogens with zero attached hydrogens (tertiary/aromatic N) is 1. The molecule has 2 atom stereocenters. The van der Waals surface area contributed by atoms with Crippen molar-refractivity contribution in [2.45, 2.75) is 11.8 Å². The van der Waals surface area contributed by atoms with Crippen LogP contribution in [-0.4, -0.2) is 17.7 Å². The molecule has 0 aromatic heterocycles. The van der Waals surface area contributed by atoms with E-state index >= 15 is 0 Å². The predicted molar refractivity (Wildman–Crippen MR) is 116 cm³/mol. The van der Waals surface area contributed by atoms with Crippen LogP contribution in [0.4, 0.5) is 5.69 Å². The molecule has 2 N–H and O–H groups in total. The Kier molecular flexibility index (Phi) is 3.72. The Labute approximate surface area is 183 Å². The molecule has 3 aromatic rings. The van der Waals surface area contributed by atoms with Crippen LogP contribution < -0.4 is 10.6 Å². The highest BCUT2D eigenvalue weighted by atomic mass is 35.5. The Morgan fingerprint density at radius 3 is 1.65 bits per heavy atom. The summed E-state index contributed by atoms with van der Waals surface area (Å²) in [6, 6.07) is 20.7. The number of hydrogen-bond donors (Lipinski definition) is 1. The van der Waals surface area contributed by atoms with Crippen LogP contribution in [0.1, 0.15) is 44.4 Å². The van der Waals surface area contributed by atoms with Gasteiger partial charge in [-0.25, -0.2) is 4.90 Å². The summed E-state index contributed by atoms with van der Waals surface area (Å²) in [5.74, 6) is -2.50. The first-order valence-corrected chi connectivity index (χ1v) is 10.5. The Bertz CT molecular complexity index is 1200. The number of carbonyl (C=O) groups excluding carboxylic acids is 3. The Balaban J connectivity index is 1.54. The molecule has 31 heavy (non-hydrogen) atoms. The number of benzene rings is 3. The van der Waals surface area contributed by atoms with E-state index in [2.05, 4.69) is 24.3 Å². The van der Waals surface area contributed by atoms with Crippen molar-refractivity contribution >= 4 is 35.0 Å². The van der Waals surface area contributed by atoms with Gasteiger partial charge in [0.2, 0.25) is 17.7 Å². The molecule has 0 radical (unpaired) electrons. The molecule has 0 spiro atoms. The molecule has 1 saturated heterocycles. The summed E-state index contributed by atoms with van der Waals surface area (Å²) in [5, 5.41) is 0.188. The van der Waals surface area contributed by atoms with E-state index in [1.807, 2.05) is 24.3 Å². The van der Waals surface area contributed by atoms with E-state index < -0.39 is 17.7 Å². The molecule has 5 nitrogen and oxygen atoms in total. The maximum absolute atomic E-state index is 13.7. The monoisotopic (exact) mass is 428 g/mol. The highest BCUT2D eigenvalue weighted by Gasteiger charge is 2.61. The highest BCUT2D eigenvalue weighted by Crippen LogP contribution is 2.61. The van der Waals surface area contributed by atoms with Crippen molar-refractivity contribution in [3.63, 3.8) is 0 Å². The Hall–Kier alpha value is -3.44. The highest BCUT2D eigenvalue weighted by molar-refractivity contribution is 6.34. The van der Waals surface area contributed by atoms with E-state index in [9.17, 15) is 14.4 Å². The van der Waals surface area contributed by atoms with Gasteiger partial charge in [0.1, 0.15) is 0 Å². The van der Waals surface area contributed by atoms with Gasteiger partial charge >= 0.3 is 0 Å². The zero-order chi connectivity index (χ0) is 21.4. The van der Waals surface area contributed by atoms with Crippen molar-refractivity contribution in [1.82, 2.24) is 0 Å². The number of carbonyl (C=O) groups is 3. The van der Waals surface area contributed by atoms with Gasteiger partial charge in [0.15, 0.2) is 0 Å². The minimum atomic E-state index is -0.705.